The highest BCUT2D eigenvalue weighted by molar-refractivity contribution is 5.67. The van der Waals surface area contributed by atoms with Crippen LogP contribution < -0.4 is 5.32 Å². The van der Waals surface area contributed by atoms with E-state index in [1.807, 2.05) is 34.7 Å². The number of hydrogen-bond donors (Lipinski definition) is 1. The predicted molar refractivity (Wildman–Crippen MR) is 66.6 cm³/mol. The molecular weight excluding hydrogens is 204 g/mol. The number of rotatable bonds is 2. The van der Waals surface area contributed by atoms with Gasteiger partial charge in [0.25, 0.3) is 0 Å². The van der Waals surface area contributed by atoms with Gasteiger partial charge in [-0.2, -0.15) is 0 Å². The maximum atomic E-state index is 11.5. The monoisotopic (exact) mass is 230 g/mol. The molecule has 1 heterocycles. The molecule has 1 aliphatic heterocycles. The molecule has 0 saturated carbocycles. The Bertz CT molecular complexity index is 187. The number of nitrogens with zero attached hydrogens (tertiary/aromatic N) is 1. The summed E-state index contributed by atoms with van der Waals surface area (Å²) in [5, 5.41) is 3.23. The van der Waals surface area contributed by atoms with E-state index in [9.17, 15) is 4.79 Å². The second kappa shape index (κ2) is 8.39. The molecule has 0 bridgehead atoms. The summed E-state index contributed by atoms with van der Waals surface area (Å²) in [5.41, 5.74) is 0. The van der Waals surface area contributed by atoms with Crippen molar-refractivity contribution in [2.75, 3.05) is 20.1 Å². The quantitative estimate of drug-likeness (QED) is 0.791. The molecular formula is C12H26N2O2. The first kappa shape index (κ1) is 15.2. The van der Waals surface area contributed by atoms with Gasteiger partial charge in [-0.3, -0.25) is 0 Å². The van der Waals surface area contributed by atoms with E-state index >= 15 is 0 Å². The summed E-state index contributed by atoms with van der Waals surface area (Å²) in [6.07, 6.45) is 1.84. The van der Waals surface area contributed by atoms with Gasteiger partial charge in [0, 0.05) is 19.1 Å². The summed E-state index contributed by atoms with van der Waals surface area (Å²) in [6.45, 7) is 9.35. The van der Waals surface area contributed by atoms with E-state index in [0.717, 1.165) is 25.9 Å². The van der Waals surface area contributed by atoms with Gasteiger partial charge in [-0.15, -0.1) is 0 Å². The Kier molecular flexibility index (Phi) is 7.99. The van der Waals surface area contributed by atoms with E-state index in [0.29, 0.717) is 6.04 Å². The van der Waals surface area contributed by atoms with Crippen molar-refractivity contribution in [1.29, 1.82) is 0 Å². The molecule has 1 rings (SSSR count). The first-order chi connectivity index (χ1) is 7.63. The van der Waals surface area contributed by atoms with Crippen LogP contribution in [0.2, 0.25) is 0 Å². The SMILES string of the molecule is CC.CNC1CCN(C(=O)OC(C)C)CC1. The molecule has 0 spiro atoms. The first-order valence-electron chi connectivity index (χ1n) is 6.26. The Morgan fingerprint density at radius 3 is 2.19 bits per heavy atom. The maximum absolute atomic E-state index is 11.5. The molecule has 1 N–H and O–H groups in total. The van der Waals surface area contributed by atoms with Gasteiger partial charge in [0.2, 0.25) is 0 Å². The van der Waals surface area contributed by atoms with Crippen LogP contribution in [-0.4, -0.2) is 43.3 Å². The second-order valence-electron chi connectivity index (χ2n) is 3.98. The van der Waals surface area contributed by atoms with Crippen molar-refractivity contribution in [3.63, 3.8) is 0 Å². The molecule has 1 fully saturated rings. The number of carbonyl (C=O) groups excluding carboxylic acids is 1. The van der Waals surface area contributed by atoms with Crippen molar-refractivity contribution in [3.05, 3.63) is 0 Å². The summed E-state index contributed by atoms with van der Waals surface area (Å²) in [6, 6.07) is 0.554. The van der Waals surface area contributed by atoms with Crippen molar-refractivity contribution in [3.8, 4) is 0 Å². The predicted octanol–water partition coefficient (Wildman–Crippen LogP) is 2.24. The van der Waals surface area contributed by atoms with Gasteiger partial charge in [-0.05, 0) is 33.7 Å². The van der Waals surface area contributed by atoms with Gasteiger partial charge in [0.15, 0.2) is 0 Å². The third-order valence-corrected chi connectivity index (χ3v) is 2.50. The molecule has 1 amide bonds. The molecule has 0 radical (unpaired) electrons. The normalized spacial score (nSPS) is 16.8. The van der Waals surface area contributed by atoms with Gasteiger partial charge in [-0.25, -0.2) is 4.79 Å². The summed E-state index contributed by atoms with van der Waals surface area (Å²) >= 11 is 0. The zero-order chi connectivity index (χ0) is 12.6. The van der Waals surface area contributed by atoms with Gasteiger partial charge >= 0.3 is 6.09 Å². The van der Waals surface area contributed by atoms with Gasteiger partial charge in [0.05, 0.1) is 6.10 Å². The molecule has 1 saturated heterocycles. The lowest BCUT2D eigenvalue weighted by Gasteiger charge is -2.31. The van der Waals surface area contributed by atoms with Gasteiger partial charge in [-0.1, -0.05) is 13.8 Å². The molecule has 0 atom stereocenters. The van der Waals surface area contributed by atoms with E-state index in [4.69, 9.17) is 4.74 Å². The summed E-state index contributed by atoms with van der Waals surface area (Å²) in [5.74, 6) is 0. The molecule has 4 nitrogen and oxygen atoms in total. The molecule has 0 aliphatic carbocycles. The number of ether oxygens (including phenoxy) is 1. The van der Waals surface area contributed by atoms with Crippen molar-refractivity contribution < 1.29 is 9.53 Å². The average molecular weight is 230 g/mol. The Morgan fingerprint density at radius 2 is 1.81 bits per heavy atom. The van der Waals surface area contributed by atoms with E-state index in [-0.39, 0.29) is 12.2 Å². The number of amides is 1. The first-order valence-corrected chi connectivity index (χ1v) is 6.26. The van der Waals surface area contributed by atoms with E-state index < -0.39 is 0 Å². The zero-order valence-corrected chi connectivity index (χ0v) is 11.2. The summed E-state index contributed by atoms with van der Waals surface area (Å²) in [4.78, 5) is 13.3. The number of piperidine rings is 1. The smallest absolute Gasteiger partial charge is 0.410 e. The van der Waals surface area contributed by atoms with Crippen LogP contribution >= 0.6 is 0 Å². The minimum Gasteiger partial charge on any atom is -0.447 e. The van der Waals surface area contributed by atoms with Crippen LogP contribution in [0.4, 0.5) is 4.79 Å². The largest absolute Gasteiger partial charge is 0.447 e. The molecule has 0 aromatic rings. The van der Waals surface area contributed by atoms with Crippen LogP contribution in [0.15, 0.2) is 0 Å². The Hall–Kier alpha value is -0.770. The molecule has 16 heavy (non-hydrogen) atoms. The molecule has 0 aromatic carbocycles. The zero-order valence-electron chi connectivity index (χ0n) is 11.2. The van der Waals surface area contributed by atoms with E-state index in [2.05, 4.69) is 5.32 Å². The number of hydrogen-bond acceptors (Lipinski definition) is 3. The third-order valence-electron chi connectivity index (χ3n) is 2.50. The molecule has 0 unspecified atom stereocenters. The van der Waals surface area contributed by atoms with Crippen molar-refractivity contribution in [2.45, 2.75) is 52.7 Å². The fourth-order valence-electron chi connectivity index (χ4n) is 1.63. The van der Waals surface area contributed by atoms with Crippen molar-refractivity contribution in [1.82, 2.24) is 10.2 Å². The Morgan fingerprint density at radius 1 is 1.31 bits per heavy atom. The Balaban J connectivity index is 0.00000106. The molecule has 96 valence electrons. The topological polar surface area (TPSA) is 41.6 Å². The minimum atomic E-state index is -0.172. The lowest BCUT2D eigenvalue weighted by Crippen LogP contribution is -2.44. The van der Waals surface area contributed by atoms with Crippen molar-refractivity contribution >= 4 is 6.09 Å². The fourth-order valence-corrected chi connectivity index (χ4v) is 1.63. The van der Waals surface area contributed by atoms with Crippen molar-refractivity contribution in [2.24, 2.45) is 0 Å². The van der Waals surface area contributed by atoms with E-state index in [1.165, 1.54) is 0 Å². The highest BCUT2D eigenvalue weighted by Gasteiger charge is 2.22. The lowest BCUT2D eigenvalue weighted by molar-refractivity contribution is 0.0682. The van der Waals surface area contributed by atoms with Crippen LogP contribution in [-0.2, 0) is 4.74 Å². The number of carbonyl (C=O) groups is 1. The maximum Gasteiger partial charge on any atom is 0.410 e. The number of nitrogens with one attached hydrogen (secondary N) is 1. The van der Waals surface area contributed by atoms with Crippen LogP contribution in [0, 0.1) is 0 Å². The highest BCUT2D eigenvalue weighted by Crippen LogP contribution is 2.11. The van der Waals surface area contributed by atoms with Crippen LogP contribution in [0.5, 0.6) is 0 Å². The third kappa shape index (κ3) is 5.35. The van der Waals surface area contributed by atoms with Gasteiger partial charge < -0.3 is 15.0 Å². The van der Waals surface area contributed by atoms with Crippen LogP contribution in [0.1, 0.15) is 40.5 Å². The Labute approximate surface area is 99.3 Å². The van der Waals surface area contributed by atoms with Crippen LogP contribution in [0.3, 0.4) is 0 Å². The second-order valence-corrected chi connectivity index (χ2v) is 3.98. The average Bonchev–Trinajstić information content (AvgIpc) is 2.31. The van der Waals surface area contributed by atoms with Crippen LogP contribution in [0.25, 0.3) is 0 Å². The van der Waals surface area contributed by atoms with E-state index in [1.54, 1.807) is 4.90 Å². The number of likely N-dealkylation sites (tertiary alicyclic amines) is 1. The summed E-state index contributed by atoms with van der Waals surface area (Å²) < 4.78 is 5.13. The minimum absolute atomic E-state index is 0.0236. The standard InChI is InChI=1S/C10H20N2O2.C2H6/c1-8(2)14-10(13)12-6-4-9(11-3)5-7-12;1-2/h8-9,11H,4-7H2,1-3H3;1-2H3. The molecule has 0 aromatic heterocycles. The van der Waals surface area contributed by atoms with Gasteiger partial charge in [0.1, 0.15) is 0 Å². The molecule has 4 heteroatoms. The fraction of sp³-hybridized carbons (Fsp3) is 0.917. The lowest BCUT2D eigenvalue weighted by atomic mass is 10.1. The molecule has 1 aliphatic rings. The highest BCUT2D eigenvalue weighted by atomic mass is 16.6. The summed E-state index contributed by atoms with van der Waals surface area (Å²) in [7, 11) is 1.97.